The summed E-state index contributed by atoms with van der Waals surface area (Å²) in [6.45, 7) is 1.93. The number of nitrogens with two attached hydrogens (primary N) is 1. The molecule has 4 nitrogen and oxygen atoms in total. The van der Waals surface area contributed by atoms with Gasteiger partial charge in [-0.2, -0.15) is 13.2 Å². The smallest absolute Gasteiger partial charge is 0.398 e. The molecule has 1 atom stereocenters. The number of ether oxygens (including phenoxy) is 1. The molecule has 3 N–H and O–H groups in total. The van der Waals surface area contributed by atoms with E-state index in [2.05, 4.69) is 5.32 Å². The number of amides is 1. The quantitative estimate of drug-likeness (QED) is 0.827. The van der Waals surface area contributed by atoms with E-state index in [1.165, 1.54) is 7.11 Å². The van der Waals surface area contributed by atoms with Crippen LogP contribution >= 0.6 is 0 Å². The van der Waals surface area contributed by atoms with Gasteiger partial charge in [0, 0.05) is 18.8 Å². The van der Waals surface area contributed by atoms with E-state index >= 15 is 0 Å². The summed E-state index contributed by atoms with van der Waals surface area (Å²) in [6, 6.07) is 2.32. The normalized spacial score (nSPS) is 13.1. The minimum atomic E-state index is -4.51. The lowest BCUT2D eigenvalue weighted by atomic mass is 10.1. The van der Waals surface area contributed by atoms with Crippen LogP contribution in [0.2, 0.25) is 0 Å². The van der Waals surface area contributed by atoms with Crippen LogP contribution in [0, 0.1) is 0 Å². The average Bonchev–Trinajstić information content (AvgIpc) is 2.27. The lowest BCUT2D eigenvalue weighted by Gasteiger charge is -2.15. The van der Waals surface area contributed by atoms with Crippen molar-refractivity contribution in [2.75, 3.05) is 19.5 Å². The number of carbonyl (C=O) groups excluding carboxylic acids is 1. The zero-order chi connectivity index (χ0) is 14.6. The van der Waals surface area contributed by atoms with E-state index < -0.39 is 17.6 Å². The van der Waals surface area contributed by atoms with E-state index in [0.29, 0.717) is 0 Å². The Labute approximate surface area is 108 Å². The van der Waals surface area contributed by atoms with Crippen molar-refractivity contribution in [3.8, 4) is 0 Å². The Bertz CT molecular complexity index is 461. The monoisotopic (exact) mass is 276 g/mol. The molecule has 1 aromatic carbocycles. The molecule has 0 heterocycles. The first-order chi connectivity index (χ1) is 8.75. The second-order valence-corrected chi connectivity index (χ2v) is 4.13. The molecule has 1 unspecified atom stereocenters. The minimum absolute atomic E-state index is 0.00452. The number of rotatable bonds is 4. The summed E-state index contributed by atoms with van der Waals surface area (Å²) in [5, 5.41) is 2.51. The molecule has 0 aliphatic carbocycles. The molecule has 0 fully saturated rings. The van der Waals surface area contributed by atoms with Gasteiger partial charge in [-0.3, -0.25) is 4.79 Å². The van der Waals surface area contributed by atoms with Crippen LogP contribution in [0.25, 0.3) is 0 Å². The van der Waals surface area contributed by atoms with Gasteiger partial charge in [0.1, 0.15) is 0 Å². The van der Waals surface area contributed by atoms with Crippen molar-refractivity contribution in [3.05, 3.63) is 29.3 Å². The maximum absolute atomic E-state index is 12.6. The molecule has 106 valence electrons. The predicted octanol–water partition coefficient (Wildman–Crippen LogP) is 2.05. The van der Waals surface area contributed by atoms with Crippen molar-refractivity contribution in [1.82, 2.24) is 5.32 Å². The molecule has 1 rings (SSSR count). The van der Waals surface area contributed by atoms with Crippen molar-refractivity contribution in [1.29, 1.82) is 0 Å². The zero-order valence-electron chi connectivity index (χ0n) is 10.5. The second kappa shape index (κ2) is 5.92. The lowest BCUT2D eigenvalue weighted by molar-refractivity contribution is -0.137. The number of hydrogen-bond donors (Lipinski definition) is 2. The highest BCUT2D eigenvalue weighted by molar-refractivity contribution is 5.99. The van der Waals surface area contributed by atoms with Crippen molar-refractivity contribution >= 4 is 11.6 Å². The molecule has 1 aromatic rings. The third-order valence-electron chi connectivity index (χ3n) is 2.42. The van der Waals surface area contributed by atoms with E-state index in [4.69, 9.17) is 10.5 Å². The van der Waals surface area contributed by atoms with Gasteiger partial charge in [0.25, 0.3) is 5.91 Å². The minimum Gasteiger partial charge on any atom is -0.398 e. The number of benzene rings is 1. The van der Waals surface area contributed by atoms with Gasteiger partial charge < -0.3 is 15.8 Å². The molecule has 0 aromatic heterocycles. The Morgan fingerprint density at radius 3 is 2.63 bits per heavy atom. The summed E-state index contributed by atoms with van der Waals surface area (Å²) in [6.07, 6.45) is -4.51. The molecule has 0 saturated carbocycles. The molecule has 0 spiro atoms. The number of nitrogens with one attached hydrogen (secondary N) is 1. The Morgan fingerprint density at radius 2 is 2.11 bits per heavy atom. The fraction of sp³-hybridized carbons (Fsp3) is 0.417. The van der Waals surface area contributed by atoms with Crippen LogP contribution in [0.4, 0.5) is 18.9 Å². The first-order valence-corrected chi connectivity index (χ1v) is 5.52. The zero-order valence-corrected chi connectivity index (χ0v) is 10.5. The highest BCUT2D eigenvalue weighted by Crippen LogP contribution is 2.31. The topological polar surface area (TPSA) is 64.3 Å². The second-order valence-electron chi connectivity index (χ2n) is 4.13. The third kappa shape index (κ3) is 4.13. The highest BCUT2D eigenvalue weighted by atomic mass is 19.4. The number of carbonyl (C=O) groups is 1. The summed E-state index contributed by atoms with van der Waals surface area (Å²) in [5.74, 6) is -0.659. The fourth-order valence-corrected chi connectivity index (χ4v) is 1.52. The number of anilines is 1. The summed E-state index contributed by atoms with van der Waals surface area (Å²) < 4.78 is 42.5. The number of hydrogen-bond acceptors (Lipinski definition) is 3. The predicted molar refractivity (Wildman–Crippen MR) is 64.7 cm³/mol. The van der Waals surface area contributed by atoms with Crippen molar-refractivity contribution < 1.29 is 22.7 Å². The maximum Gasteiger partial charge on any atom is 0.416 e. The van der Waals surface area contributed by atoms with Crippen LogP contribution in [0.1, 0.15) is 22.8 Å². The van der Waals surface area contributed by atoms with Gasteiger partial charge in [-0.25, -0.2) is 0 Å². The first-order valence-electron chi connectivity index (χ1n) is 5.52. The van der Waals surface area contributed by atoms with E-state index in [0.717, 1.165) is 18.2 Å². The molecule has 1 amide bonds. The van der Waals surface area contributed by atoms with Crippen LogP contribution in [-0.4, -0.2) is 25.7 Å². The molecule has 19 heavy (non-hydrogen) atoms. The largest absolute Gasteiger partial charge is 0.416 e. The number of alkyl halides is 3. The summed E-state index contributed by atoms with van der Waals surface area (Å²) in [5.41, 5.74) is 4.41. The standard InChI is InChI=1S/C12H15F3N2O2/c1-7(6-19-2)17-11(18)9-5-8(12(13,14)15)3-4-10(9)16/h3-5,7H,6,16H2,1-2H3,(H,17,18). The summed E-state index contributed by atoms with van der Waals surface area (Å²) in [4.78, 5) is 11.8. The number of nitrogen functional groups attached to an aromatic ring is 1. The van der Waals surface area contributed by atoms with Gasteiger partial charge in [0.15, 0.2) is 0 Å². The number of methoxy groups -OCH3 is 1. The van der Waals surface area contributed by atoms with Gasteiger partial charge in [-0.15, -0.1) is 0 Å². The molecule has 0 aliphatic rings. The van der Waals surface area contributed by atoms with Crippen molar-refractivity contribution in [2.45, 2.75) is 19.1 Å². The molecule has 0 radical (unpaired) electrons. The maximum atomic E-state index is 12.6. The average molecular weight is 276 g/mol. The van der Waals surface area contributed by atoms with Gasteiger partial charge >= 0.3 is 6.18 Å². The van der Waals surface area contributed by atoms with E-state index in [1.807, 2.05) is 0 Å². The Balaban J connectivity index is 2.96. The van der Waals surface area contributed by atoms with Gasteiger partial charge in [0.2, 0.25) is 0 Å². The molecule has 0 aliphatic heterocycles. The molecular formula is C12H15F3N2O2. The Morgan fingerprint density at radius 1 is 1.47 bits per heavy atom. The lowest BCUT2D eigenvalue weighted by Crippen LogP contribution is -2.36. The van der Waals surface area contributed by atoms with Crippen LogP contribution < -0.4 is 11.1 Å². The first kappa shape index (κ1) is 15.3. The van der Waals surface area contributed by atoms with Gasteiger partial charge in [-0.1, -0.05) is 0 Å². The third-order valence-corrected chi connectivity index (χ3v) is 2.42. The van der Waals surface area contributed by atoms with Crippen molar-refractivity contribution in [3.63, 3.8) is 0 Å². The number of halogens is 3. The van der Waals surface area contributed by atoms with E-state index in [1.54, 1.807) is 6.92 Å². The van der Waals surface area contributed by atoms with Crippen LogP contribution in [0.5, 0.6) is 0 Å². The van der Waals surface area contributed by atoms with E-state index in [9.17, 15) is 18.0 Å². The van der Waals surface area contributed by atoms with Gasteiger partial charge in [-0.05, 0) is 25.1 Å². The Hall–Kier alpha value is -1.76. The Kier molecular flexibility index (Phi) is 4.77. The fourth-order valence-electron chi connectivity index (χ4n) is 1.52. The van der Waals surface area contributed by atoms with Crippen LogP contribution in [0.3, 0.4) is 0 Å². The van der Waals surface area contributed by atoms with Crippen LogP contribution in [0.15, 0.2) is 18.2 Å². The van der Waals surface area contributed by atoms with E-state index in [-0.39, 0.29) is 23.9 Å². The SMILES string of the molecule is COCC(C)NC(=O)c1cc(C(F)(F)F)ccc1N. The van der Waals surface area contributed by atoms with Gasteiger partial charge in [0.05, 0.1) is 17.7 Å². The summed E-state index contributed by atoms with van der Waals surface area (Å²) in [7, 11) is 1.46. The van der Waals surface area contributed by atoms with Crippen LogP contribution in [-0.2, 0) is 10.9 Å². The highest BCUT2D eigenvalue weighted by Gasteiger charge is 2.31. The summed E-state index contributed by atoms with van der Waals surface area (Å²) >= 11 is 0. The molecular weight excluding hydrogens is 261 g/mol. The van der Waals surface area contributed by atoms with Crippen molar-refractivity contribution in [2.24, 2.45) is 0 Å². The molecule has 7 heteroatoms. The molecule has 0 saturated heterocycles. The molecule has 0 bridgehead atoms.